The average molecular weight is 607 g/mol. The lowest BCUT2D eigenvalue weighted by atomic mass is 9.81. The molecule has 3 aliphatic carbocycles. The molecule has 0 aromatic heterocycles. The van der Waals surface area contributed by atoms with Crippen molar-refractivity contribution in [1.29, 1.82) is 0 Å². The SMILES string of the molecule is c1ccc(-c2c3c(c(-c4ccccc4)c4ccccc24)-c2cccc4c2=C3CCC=4c2ccc3c4c(cccc24)-c2ccccc2-3)cc1. The molecule has 0 amide bonds. The third-order valence-corrected chi connectivity index (χ3v) is 11.1. The first kappa shape index (κ1) is 26.1. The minimum absolute atomic E-state index is 1.01. The molecule has 0 unspecified atom stereocenters. The van der Waals surface area contributed by atoms with Gasteiger partial charge in [-0.1, -0.05) is 158 Å². The molecule has 0 radical (unpaired) electrons. The molecular weight excluding hydrogens is 577 g/mol. The second kappa shape index (κ2) is 9.77. The van der Waals surface area contributed by atoms with Crippen molar-refractivity contribution in [1.82, 2.24) is 0 Å². The lowest BCUT2D eigenvalue weighted by molar-refractivity contribution is 1.05. The molecular formula is C48H30. The summed E-state index contributed by atoms with van der Waals surface area (Å²) in [5.41, 5.74) is 19.2. The fraction of sp³-hybridized carbons (Fsp3) is 0.0417. The summed E-state index contributed by atoms with van der Waals surface area (Å²) in [5.74, 6) is 0. The van der Waals surface area contributed by atoms with Gasteiger partial charge in [0.05, 0.1) is 0 Å². The molecule has 0 nitrogen and oxygen atoms in total. The third kappa shape index (κ3) is 3.39. The van der Waals surface area contributed by atoms with E-state index >= 15 is 0 Å². The first-order valence-corrected chi connectivity index (χ1v) is 17.1. The van der Waals surface area contributed by atoms with Gasteiger partial charge in [-0.3, -0.25) is 0 Å². The maximum Gasteiger partial charge on any atom is -0.00108 e. The van der Waals surface area contributed by atoms with E-state index in [-0.39, 0.29) is 0 Å². The maximum atomic E-state index is 2.41. The van der Waals surface area contributed by atoms with Gasteiger partial charge in [0, 0.05) is 0 Å². The Morgan fingerprint density at radius 1 is 0.292 bits per heavy atom. The smallest absolute Gasteiger partial charge is 0.00108 e. The molecule has 0 N–H and O–H groups in total. The molecule has 3 aliphatic rings. The van der Waals surface area contributed by atoms with Gasteiger partial charge in [0.15, 0.2) is 0 Å². The van der Waals surface area contributed by atoms with Gasteiger partial charge >= 0.3 is 0 Å². The van der Waals surface area contributed by atoms with Gasteiger partial charge < -0.3 is 0 Å². The van der Waals surface area contributed by atoms with Crippen molar-refractivity contribution in [3.8, 4) is 55.6 Å². The van der Waals surface area contributed by atoms with Crippen LogP contribution in [0.15, 0.2) is 158 Å². The lowest BCUT2D eigenvalue weighted by Crippen LogP contribution is -2.32. The first-order chi connectivity index (χ1) is 23.9. The van der Waals surface area contributed by atoms with E-state index in [0.717, 1.165) is 12.8 Å². The van der Waals surface area contributed by atoms with E-state index in [1.165, 1.54) is 110 Å². The first-order valence-electron chi connectivity index (χ1n) is 17.1. The predicted octanol–water partition coefficient (Wildman–Crippen LogP) is 11.1. The normalized spacial score (nSPS) is 13.6. The average Bonchev–Trinajstić information content (AvgIpc) is 3.66. The van der Waals surface area contributed by atoms with Gasteiger partial charge in [0.25, 0.3) is 0 Å². The summed E-state index contributed by atoms with van der Waals surface area (Å²) in [4.78, 5) is 0. The summed E-state index contributed by atoms with van der Waals surface area (Å²) in [6, 6.07) is 58.8. The molecule has 0 bridgehead atoms. The van der Waals surface area contributed by atoms with Gasteiger partial charge in [0.2, 0.25) is 0 Å². The number of hydrogen-bond donors (Lipinski definition) is 0. The zero-order valence-electron chi connectivity index (χ0n) is 26.4. The Hall–Kier alpha value is -5.98. The minimum Gasteiger partial charge on any atom is -0.0622 e. The molecule has 0 atom stereocenters. The van der Waals surface area contributed by atoms with Gasteiger partial charge in [-0.05, 0) is 123 Å². The van der Waals surface area contributed by atoms with Crippen molar-refractivity contribution in [2.24, 2.45) is 0 Å². The molecule has 222 valence electrons. The predicted molar refractivity (Wildman–Crippen MR) is 202 cm³/mol. The lowest BCUT2D eigenvalue weighted by Gasteiger charge is -2.22. The highest BCUT2D eigenvalue weighted by atomic mass is 14.4. The van der Waals surface area contributed by atoms with E-state index in [1.54, 1.807) is 0 Å². The number of fused-ring (bicyclic) bond motifs is 7. The molecule has 8 aromatic carbocycles. The molecule has 11 rings (SSSR count). The van der Waals surface area contributed by atoms with Gasteiger partial charge in [-0.25, -0.2) is 0 Å². The van der Waals surface area contributed by atoms with E-state index in [4.69, 9.17) is 0 Å². The van der Waals surface area contributed by atoms with Crippen LogP contribution in [0.5, 0.6) is 0 Å². The van der Waals surface area contributed by atoms with Crippen molar-refractivity contribution >= 4 is 32.7 Å². The standard InChI is InChI=1S/C48H30/c1-3-13-29(14-4-1)43-38-19-9-10-20-39(38)44(30-15-5-2-6-16-30)48-42-28-26-34(37-23-12-24-41(46(37)42)47(43)48)33-25-27-40-32-18-8-7-17-31(32)35-21-11-22-36(33)45(35)40/h1-25,27H,26,28H2. The topological polar surface area (TPSA) is 0 Å². The summed E-state index contributed by atoms with van der Waals surface area (Å²) < 4.78 is 0. The van der Waals surface area contributed by atoms with Crippen LogP contribution in [0.3, 0.4) is 0 Å². The van der Waals surface area contributed by atoms with Crippen molar-refractivity contribution in [3.05, 3.63) is 179 Å². The van der Waals surface area contributed by atoms with E-state index in [1.807, 2.05) is 0 Å². The molecule has 0 heterocycles. The molecule has 0 spiro atoms. The highest BCUT2D eigenvalue weighted by molar-refractivity contribution is 6.19. The largest absolute Gasteiger partial charge is 0.0622 e. The van der Waals surface area contributed by atoms with Gasteiger partial charge in [0.1, 0.15) is 0 Å². The molecule has 0 saturated carbocycles. The second-order valence-electron chi connectivity index (χ2n) is 13.4. The third-order valence-electron chi connectivity index (χ3n) is 11.1. The Labute approximate surface area is 279 Å². The monoisotopic (exact) mass is 606 g/mol. The fourth-order valence-corrected chi connectivity index (χ4v) is 9.27. The van der Waals surface area contributed by atoms with E-state index in [0.29, 0.717) is 0 Å². The molecule has 0 heteroatoms. The number of rotatable bonds is 3. The summed E-state index contributed by atoms with van der Waals surface area (Å²) >= 11 is 0. The van der Waals surface area contributed by atoms with Crippen LogP contribution in [0.25, 0.3) is 88.3 Å². The van der Waals surface area contributed by atoms with Crippen molar-refractivity contribution in [2.45, 2.75) is 12.8 Å². The van der Waals surface area contributed by atoms with E-state index in [9.17, 15) is 0 Å². The molecule has 0 fully saturated rings. The molecule has 8 aromatic rings. The van der Waals surface area contributed by atoms with E-state index < -0.39 is 0 Å². The Morgan fingerprint density at radius 3 is 1.50 bits per heavy atom. The maximum absolute atomic E-state index is 2.41. The van der Waals surface area contributed by atoms with Crippen LogP contribution in [0.1, 0.15) is 24.0 Å². The Morgan fingerprint density at radius 2 is 0.792 bits per heavy atom. The second-order valence-corrected chi connectivity index (χ2v) is 13.4. The zero-order valence-corrected chi connectivity index (χ0v) is 26.4. The summed E-state index contributed by atoms with van der Waals surface area (Å²) in [6.45, 7) is 0. The van der Waals surface area contributed by atoms with Crippen molar-refractivity contribution < 1.29 is 0 Å². The van der Waals surface area contributed by atoms with Crippen LogP contribution >= 0.6 is 0 Å². The van der Waals surface area contributed by atoms with Crippen LogP contribution in [0, 0.1) is 0 Å². The van der Waals surface area contributed by atoms with Crippen LogP contribution in [0.2, 0.25) is 0 Å². The number of hydrogen-bond acceptors (Lipinski definition) is 0. The highest BCUT2D eigenvalue weighted by Crippen LogP contribution is 2.52. The number of benzene rings is 8. The van der Waals surface area contributed by atoms with Crippen molar-refractivity contribution in [3.63, 3.8) is 0 Å². The quantitative estimate of drug-likeness (QED) is 0.188. The summed E-state index contributed by atoms with van der Waals surface area (Å²) in [6.07, 6.45) is 2.03. The minimum atomic E-state index is 1.01. The summed E-state index contributed by atoms with van der Waals surface area (Å²) in [7, 11) is 0. The Kier molecular flexibility index (Phi) is 5.32. The van der Waals surface area contributed by atoms with Crippen LogP contribution in [0.4, 0.5) is 0 Å². The summed E-state index contributed by atoms with van der Waals surface area (Å²) in [5, 5.41) is 8.24. The molecule has 0 aliphatic heterocycles. The molecule has 48 heavy (non-hydrogen) atoms. The Balaban J connectivity index is 1.28. The zero-order chi connectivity index (χ0) is 31.3. The van der Waals surface area contributed by atoms with Gasteiger partial charge in [-0.2, -0.15) is 0 Å². The van der Waals surface area contributed by atoms with Crippen molar-refractivity contribution in [2.75, 3.05) is 0 Å². The van der Waals surface area contributed by atoms with Crippen LogP contribution in [-0.2, 0) is 0 Å². The van der Waals surface area contributed by atoms with Crippen LogP contribution in [-0.4, -0.2) is 0 Å². The van der Waals surface area contributed by atoms with Crippen LogP contribution < -0.4 is 10.4 Å². The molecule has 0 saturated heterocycles. The van der Waals surface area contributed by atoms with E-state index in [2.05, 4.69) is 158 Å². The fourth-order valence-electron chi connectivity index (χ4n) is 9.27. The highest BCUT2D eigenvalue weighted by Gasteiger charge is 2.32. The Bertz CT molecular complexity index is 2770. The van der Waals surface area contributed by atoms with Gasteiger partial charge in [-0.15, -0.1) is 0 Å².